The maximum Gasteiger partial charge on any atom is 0.323 e. The predicted octanol–water partition coefficient (Wildman–Crippen LogP) is 1.11. The molecule has 7 heteroatoms. The fourth-order valence-electron chi connectivity index (χ4n) is 2.18. The van der Waals surface area contributed by atoms with E-state index in [1.54, 1.807) is 6.07 Å². The molecule has 7 nitrogen and oxygen atoms in total. The Morgan fingerprint density at radius 3 is 2.33 bits per heavy atom. The van der Waals surface area contributed by atoms with Crippen molar-refractivity contribution in [2.45, 2.75) is 6.54 Å². The molecular weight excluding hydrogens is 278 g/mol. The van der Waals surface area contributed by atoms with Crippen LogP contribution in [0.5, 0.6) is 17.2 Å². The number of hydrogen-bond donors (Lipinski definition) is 1. The first-order valence-corrected chi connectivity index (χ1v) is 6.07. The van der Waals surface area contributed by atoms with Gasteiger partial charge < -0.3 is 23.9 Å². The molecule has 0 atom stereocenters. The van der Waals surface area contributed by atoms with Gasteiger partial charge in [-0.05, 0) is 12.1 Å². The quantitative estimate of drug-likeness (QED) is 0.888. The van der Waals surface area contributed by atoms with Crippen LogP contribution >= 0.6 is 0 Å². The highest BCUT2D eigenvalue weighted by Gasteiger charge is 2.18. The first-order valence-electron chi connectivity index (χ1n) is 6.07. The number of rotatable bonds is 5. The van der Waals surface area contributed by atoms with E-state index >= 15 is 0 Å². The summed E-state index contributed by atoms with van der Waals surface area (Å²) in [6, 6.07) is 3.12. The lowest BCUT2D eigenvalue weighted by atomic mass is 10.1. The highest BCUT2D eigenvalue weighted by atomic mass is 16.5. The van der Waals surface area contributed by atoms with Gasteiger partial charge in [-0.3, -0.25) is 9.59 Å². The fraction of sp³-hybridized carbons (Fsp3) is 0.286. The van der Waals surface area contributed by atoms with E-state index in [0.29, 0.717) is 28.0 Å². The van der Waals surface area contributed by atoms with E-state index in [0.717, 1.165) is 4.57 Å². The number of fused-ring (bicyclic) bond motifs is 1. The Bertz CT molecular complexity index is 749. The minimum absolute atomic E-state index is 0.299. The number of ether oxygens (including phenoxy) is 3. The van der Waals surface area contributed by atoms with Crippen LogP contribution in [0.2, 0.25) is 0 Å². The van der Waals surface area contributed by atoms with E-state index in [1.807, 2.05) is 0 Å². The zero-order valence-corrected chi connectivity index (χ0v) is 11.9. The van der Waals surface area contributed by atoms with Crippen LogP contribution in [0.25, 0.3) is 10.8 Å². The maximum atomic E-state index is 12.3. The third-order valence-electron chi connectivity index (χ3n) is 3.09. The van der Waals surface area contributed by atoms with Crippen LogP contribution < -0.4 is 19.8 Å². The number of carbonyl (C=O) groups is 1. The molecule has 2 aromatic rings. The zero-order chi connectivity index (χ0) is 15.6. The molecule has 0 bridgehead atoms. The normalized spacial score (nSPS) is 10.4. The van der Waals surface area contributed by atoms with Gasteiger partial charge in [-0.25, -0.2) is 0 Å². The van der Waals surface area contributed by atoms with Crippen molar-refractivity contribution in [1.29, 1.82) is 0 Å². The molecule has 0 aliphatic rings. The smallest absolute Gasteiger partial charge is 0.323 e. The molecule has 0 fully saturated rings. The molecule has 0 saturated heterocycles. The van der Waals surface area contributed by atoms with Crippen molar-refractivity contribution in [1.82, 2.24) is 4.57 Å². The minimum Gasteiger partial charge on any atom is -0.493 e. The number of pyridine rings is 1. The van der Waals surface area contributed by atoms with Crippen molar-refractivity contribution in [3.05, 3.63) is 28.7 Å². The van der Waals surface area contributed by atoms with Crippen LogP contribution in [-0.2, 0) is 11.3 Å². The molecule has 21 heavy (non-hydrogen) atoms. The van der Waals surface area contributed by atoms with Crippen LogP contribution in [0.1, 0.15) is 0 Å². The second kappa shape index (κ2) is 5.74. The number of aromatic nitrogens is 1. The highest BCUT2D eigenvalue weighted by Crippen LogP contribution is 2.42. The summed E-state index contributed by atoms with van der Waals surface area (Å²) in [5.41, 5.74) is -0.436. The van der Waals surface area contributed by atoms with E-state index in [9.17, 15) is 9.59 Å². The molecule has 1 N–H and O–H groups in total. The molecule has 0 spiro atoms. The second-order valence-electron chi connectivity index (χ2n) is 4.25. The SMILES string of the molecule is COc1cc2c(=O)n(CC(=O)O)ccc2c(OC)c1OC. The summed E-state index contributed by atoms with van der Waals surface area (Å²) in [7, 11) is 4.37. The standard InChI is InChI=1S/C14H15NO6/c1-19-10-6-9-8(12(20-2)13(10)21-3)4-5-15(14(9)18)7-11(16)17/h4-6H,7H2,1-3H3,(H,16,17). The number of methoxy groups -OCH3 is 3. The average Bonchev–Trinajstić information content (AvgIpc) is 2.47. The van der Waals surface area contributed by atoms with Gasteiger partial charge in [0.05, 0.1) is 26.7 Å². The monoisotopic (exact) mass is 293 g/mol. The minimum atomic E-state index is -1.09. The van der Waals surface area contributed by atoms with Crippen molar-refractivity contribution in [3.63, 3.8) is 0 Å². The van der Waals surface area contributed by atoms with Gasteiger partial charge in [-0.1, -0.05) is 0 Å². The van der Waals surface area contributed by atoms with Gasteiger partial charge in [0.1, 0.15) is 6.54 Å². The Morgan fingerprint density at radius 2 is 1.81 bits per heavy atom. The molecule has 1 heterocycles. The van der Waals surface area contributed by atoms with Crippen LogP contribution in [0.15, 0.2) is 23.1 Å². The number of carboxylic acids is 1. The van der Waals surface area contributed by atoms with Gasteiger partial charge in [0.15, 0.2) is 11.5 Å². The van der Waals surface area contributed by atoms with Gasteiger partial charge in [-0.15, -0.1) is 0 Å². The number of benzene rings is 1. The van der Waals surface area contributed by atoms with E-state index in [1.165, 1.54) is 33.6 Å². The molecule has 0 amide bonds. The summed E-state index contributed by atoms with van der Waals surface area (Å²) in [4.78, 5) is 23.1. The lowest BCUT2D eigenvalue weighted by molar-refractivity contribution is -0.137. The lowest BCUT2D eigenvalue weighted by Crippen LogP contribution is -2.23. The van der Waals surface area contributed by atoms with Crippen LogP contribution in [-0.4, -0.2) is 37.0 Å². The van der Waals surface area contributed by atoms with E-state index in [-0.39, 0.29) is 0 Å². The summed E-state index contributed by atoms with van der Waals surface area (Å²) in [6.45, 7) is -0.411. The topological polar surface area (TPSA) is 87.0 Å². The van der Waals surface area contributed by atoms with Crippen LogP contribution in [0, 0.1) is 0 Å². The first kappa shape index (κ1) is 14.7. The summed E-state index contributed by atoms with van der Waals surface area (Å²) in [6.07, 6.45) is 1.41. The molecule has 0 aliphatic heterocycles. The first-order chi connectivity index (χ1) is 10.0. The van der Waals surface area contributed by atoms with Crippen LogP contribution in [0.4, 0.5) is 0 Å². The van der Waals surface area contributed by atoms with Crippen molar-refractivity contribution in [2.75, 3.05) is 21.3 Å². The molecule has 112 valence electrons. The van der Waals surface area contributed by atoms with Gasteiger partial charge >= 0.3 is 5.97 Å². The fourth-order valence-corrected chi connectivity index (χ4v) is 2.18. The number of aliphatic carboxylic acids is 1. The number of carboxylic acid groups (broad SMARTS) is 1. The van der Waals surface area contributed by atoms with Crippen molar-refractivity contribution in [3.8, 4) is 17.2 Å². The predicted molar refractivity (Wildman–Crippen MR) is 75.5 cm³/mol. The molecule has 0 saturated carbocycles. The Kier molecular flexibility index (Phi) is 4.02. The summed E-state index contributed by atoms with van der Waals surface area (Å²) in [5, 5.41) is 9.65. The average molecular weight is 293 g/mol. The van der Waals surface area contributed by atoms with Crippen molar-refractivity contribution in [2.24, 2.45) is 0 Å². The number of hydrogen-bond acceptors (Lipinski definition) is 5. The second-order valence-corrected chi connectivity index (χ2v) is 4.25. The molecule has 2 rings (SSSR count). The van der Waals surface area contributed by atoms with Crippen molar-refractivity contribution >= 4 is 16.7 Å². The molecule has 1 aromatic heterocycles. The third-order valence-corrected chi connectivity index (χ3v) is 3.09. The molecular formula is C14H15NO6. The van der Waals surface area contributed by atoms with Gasteiger partial charge in [-0.2, -0.15) is 0 Å². The van der Waals surface area contributed by atoms with Gasteiger partial charge in [0.2, 0.25) is 5.75 Å². The van der Waals surface area contributed by atoms with E-state index in [4.69, 9.17) is 19.3 Å². The summed E-state index contributed by atoms with van der Waals surface area (Å²) < 4.78 is 16.8. The third kappa shape index (κ3) is 2.49. The lowest BCUT2D eigenvalue weighted by Gasteiger charge is -2.15. The summed E-state index contributed by atoms with van der Waals surface area (Å²) >= 11 is 0. The Labute approximate surface area is 120 Å². The maximum absolute atomic E-state index is 12.3. The molecule has 0 radical (unpaired) electrons. The van der Waals surface area contributed by atoms with E-state index < -0.39 is 18.1 Å². The highest BCUT2D eigenvalue weighted by molar-refractivity contribution is 5.92. The zero-order valence-electron chi connectivity index (χ0n) is 11.9. The van der Waals surface area contributed by atoms with E-state index in [2.05, 4.69) is 0 Å². The van der Waals surface area contributed by atoms with Crippen LogP contribution in [0.3, 0.4) is 0 Å². The largest absolute Gasteiger partial charge is 0.493 e. The Balaban J connectivity index is 2.82. The Hall–Kier alpha value is -2.70. The molecule has 0 unspecified atom stereocenters. The van der Waals surface area contributed by atoms with Gasteiger partial charge in [0, 0.05) is 11.6 Å². The molecule has 1 aromatic carbocycles. The summed E-state index contributed by atoms with van der Waals surface area (Å²) in [5.74, 6) is -0.00905. The van der Waals surface area contributed by atoms with Gasteiger partial charge in [0.25, 0.3) is 5.56 Å². The Morgan fingerprint density at radius 1 is 1.14 bits per heavy atom. The van der Waals surface area contributed by atoms with Crippen molar-refractivity contribution < 1.29 is 24.1 Å². The molecule has 0 aliphatic carbocycles. The number of nitrogens with zero attached hydrogens (tertiary/aromatic N) is 1.